The molecule has 4 aromatic rings. The second-order valence-electron chi connectivity index (χ2n) is 6.14. The van der Waals surface area contributed by atoms with Gasteiger partial charge in [-0.05, 0) is 49.2 Å². The van der Waals surface area contributed by atoms with E-state index in [1.807, 2.05) is 53.2 Å². The number of hydrogen-bond donors (Lipinski definition) is 0. The third-order valence-electron chi connectivity index (χ3n) is 4.35. The monoisotopic (exact) mass is 341 g/mol. The Hall–Kier alpha value is -3.34. The highest BCUT2D eigenvalue weighted by Gasteiger charge is 2.08. The first kappa shape index (κ1) is 16.1. The summed E-state index contributed by atoms with van der Waals surface area (Å²) in [6, 6.07) is 14.0. The van der Waals surface area contributed by atoms with Crippen molar-refractivity contribution < 1.29 is 0 Å². The molecule has 4 rings (SSSR count). The summed E-state index contributed by atoms with van der Waals surface area (Å²) in [5, 5.41) is 5.59. The minimum atomic E-state index is 0.709. The molecule has 0 bridgehead atoms. The Morgan fingerprint density at radius 3 is 2.92 bits per heavy atom. The molecule has 0 radical (unpaired) electrons. The van der Waals surface area contributed by atoms with Gasteiger partial charge in [0.1, 0.15) is 0 Å². The fourth-order valence-corrected chi connectivity index (χ4v) is 2.93. The number of fused-ring (bicyclic) bond motifs is 3. The lowest BCUT2D eigenvalue weighted by molar-refractivity contribution is 0.864. The topological polar surface area (TPSA) is 55.4 Å². The van der Waals surface area contributed by atoms with E-state index >= 15 is 0 Å². The number of nitrogens with zero attached hydrogens (tertiary/aromatic N) is 5. The molecule has 1 aromatic carbocycles. The number of aryl methyl sites for hydroxylation is 2. The van der Waals surface area contributed by atoms with E-state index in [0.29, 0.717) is 6.42 Å². The summed E-state index contributed by atoms with van der Waals surface area (Å²) in [4.78, 5) is 13.8. The van der Waals surface area contributed by atoms with Gasteiger partial charge in [-0.25, -0.2) is 9.50 Å². The molecule has 0 aliphatic carbocycles. The molecule has 0 saturated carbocycles. The Kier molecular flexibility index (Phi) is 4.27. The predicted molar refractivity (Wildman–Crippen MR) is 105 cm³/mol. The molecule has 0 aliphatic heterocycles. The standard InChI is InChI=1S/C21H19N5/c1-3-16(23-18-9-5-4-7-15(18)2)10-11-20-24-21-17-8-6-13-22-19(17)12-14-26(21)25-20/h3-9,12-14H,1,10-11H2,2H3. The first-order valence-corrected chi connectivity index (χ1v) is 8.59. The van der Waals surface area contributed by atoms with E-state index in [1.54, 1.807) is 6.20 Å². The maximum absolute atomic E-state index is 4.72. The summed E-state index contributed by atoms with van der Waals surface area (Å²) in [5.74, 6) is 0.792. The molecule has 128 valence electrons. The van der Waals surface area contributed by atoms with Crippen LogP contribution in [0.25, 0.3) is 16.6 Å². The number of benzene rings is 1. The maximum Gasteiger partial charge on any atom is 0.164 e. The van der Waals surface area contributed by atoms with Crippen molar-refractivity contribution in [1.29, 1.82) is 0 Å². The van der Waals surface area contributed by atoms with Crippen molar-refractivity contribution >= 4 is 27.9 Å². The Balaban J connectivity index is 1.60. The van der Waals surface area contributed by atoms with Gasteiger partial charge in [-0.15, -0.1) is 0 Å². The van der Waals surface area contributed by atoms with Gasteiger partial charge in [0.15, 0.2) is 11.5 Å². The van der Waals surface area contributed by atoms with Crippen LogP contribution < -0.4 is 0 Å². The van der Waals surface area contributed by atoms with E-state index in [2.05, 4.69) is 29.7 Å². The molecule has 0 N–H and O–H groups in total. The van der Waals surface area contributed by atoms with Crippen LogP contribution >= 0.6 is 0 Å². The smallest absolute Gasteiger partial charge is 0.164 e. The van der Waals surface area contributed by atoms with Gasteiger partial charge in [0.2, 0.25) is 0 Å². The fraction of sp³-hybridized carbons (Fsp3) is 0.143. The number of aromatic nitrogens is 4. The fourth-order valence-electron chi connectivity index (χ4n) is 2.93. The van der Waals surface area contributed by atoms with Crippen LogP contribution in [0.15, 0.2) is 72.5 Å². The van der Waals surface area contributed by atoms with Crippen LogP contribution in [0.4, 0.5) is 5.69 Å². The van der Waals surface area contributed by atoms with Crippen molar-refractivity contribution in [1.82, 2.24) is 19.6 Å². The minimum absolute atomic E-state index is 0.709. The summed E-state index contributed by atoms with van der Waals surface area (Å²) in [6.45, 7) is 5.96. The van der Waals surface area contributed by atoms with E-state index < -0.39 is 0 Å². The second-order valence-corrected chi connectivity index (χ2v) is 6.14. The first-order valence-electron chi connectivity index (χ1n) is 8.59. The van der Waals surface area contributed by atoms with E-state index in [1.165, 1.54) is 0 Å². The molecule has 3 aromatic heterocycles. The summed E-state index contributed by atoms with van der Waals surface area (Å²) in [5.41, 5.74) is 4.82. The lowest BCUT2D eigenvalue weighted by Crippen LogP contribution is -1.98. The summed E-state index contributed by atoms with van der Waals surface area (Å²) in [7, 11) is 0. The Labute approximate surface area is 151 Å². The Morgan fingerprint density at radius 2 is 2.08 bits per heavy atom. The van der Waals surface area contributed by atoms with Crippen LogP contribution in [0.2, 0.25) is 0 Å². The van der Waals surface area contributed by atoms with Crippen molar-refractivity contribution in [2.75, 3.05) is 0 Å². The van der Waals surface area contributed by atoms with Crippen LogP contribution in [-0.4, -0.2) is 25.3 Å². The summed E-state index contributed by atoms with van der Waals surface area (Å²) < 4.78 is 1.81. The lowest BCUT2D eigenvalue weighted by atomic mass is 10.1. The number of pyridine rings is 2. The Morgan fingerprint density at radius 1 is 1.19 bits per heavy atom. The third kappa shape index (κ3) is 3.11. The molecule has 5 nitrogen and oxygen atoms in total. The highest BCUT2D eigenvalue weighted by molar-refractivity contribution is 5.96. The average molecular weight is 341 g/mol. The molecular formula is C21H19N5. The zero-order chi connectivity index (χ0) is 17.9. The van der Waals surface area contributed by atoms with Crippen LogP contribution in [-0.2, 0) is 6.42 Å². The van der Waals surface area contributed by atoms with Crippen LogP contribution in [0, 0.1) is 6.92 Å². The van der Waals surface area contributed by atoms with Gasteiger partial charge >= 0.3 is 0 Å². The van der Waals surface area contributed by atoms with Crippen molar-refractivity contribution in [3.05, 3.63) is 78.9 Å². The quantitative estimate of drug-likeness (QED) is 0.503. The Bertz CT molecular complexity index is 1120. The van der Waals surface area contributed by atoms with Gasteiger partial charge in [-0.2, -0.15) is 5.10 Å². The number of hydrogen-bond acceptors (Lipinski definition) is 4. The SMILES string of the molecule is C=CC(CCc1nc2c3cccnc3ccn2n1)=Nc1ccccc1C. The van der Waals surface area contributed by atoms with Gasteiger partial charge in [0.25, 0.3) is 0 Å². The molecule has 0 aliphatic rings. The normalized spacial score (nSPS) is 12.0. The molecule has 5 heteroatoms. The van der Waals surface area contributed by atoms with E-state index in [9.17, 15) is 0 Å². The number of para-hydroxylation sites is 1. The van der Waals surface area contributed by atoms with Gasteiger partial charge in [-0.3, -0.25) is 9.98 Å². The van der Waals surface area contributed by atoms with Crippen LogP contribution in [0.3, 0.4) is 0 Å². The zero-order valence-corrected chi connectivity index (χ0v) is 14.6. The molecule has 0 atom stereocenters. The highest BCUT2D eigenvalue weighted by Crippen LogP contribution is 2.19. The van der Waals surface area contributed by atoms with E-state index in [4.69, 9.17) is 9.98 Å². The number of rotatable bonds is 5. The minimum Gasteiger partial charge on any atom is -0.256 e. The van der Waals surface area contributed by atoms with E-state index in [0.717, 1.165) is 45.8 Å². The van der Waals surface area contributed by atoms with Gasteiger partial charge in [0, 0.05) is 29.9 Å². The molecular weight excluding hydrogens is 322 g/mol. The van der Waals surface area contributed by atoms with Gasteiger partial charge in [-0.1, -0.05) is 24.8 Å². The molecule has 3 heterocycles. The second kappa shape index (κ2) is 6.88. The largest absolute Gasteiger partial charge is 0.256 e. The zero-order valence-electron chi connectivity index (χ0n) is 14.6. The lowest BCUT2D eigenvalue weighted by Gasteiger charge is -2.02. The molecule has 0 spiro atoms. The van der Waals surface area contributed by atoms with Crippen molar-refractivity contribution in [3.63, 3.8) is 0 Å². The maximum atomic E-state index is 4.72. The number of allylic oxidation sites excluding steroid dienone is 1. The number of aliphatic imine (C=N–C) groups is 1. The molecule has 0 saturated heterocycles. The van der Waals surface area contributed by atoms with Gasteiger partial charge < -0.3 is 0 Å². The van der Waals surface area contributed by atoms with Crippen molar-refractivity contribution in [2.24, 2.45) is 4.99 Å². The third-order valence-corrected chi connectivity index (χ3v) is 4.35. The predicted octanol–water partition coefficient (Wildman–Crippen LogP) is 4.48. The molecule has 0 amide bonds. The highest BCUT2D eigenvalue weighted by atomic mass is 15.3. The molecule has 26 heavy (non-hydrogen) atoms. The summed E-state index contributed by atoms with van der Waals surface area (Å²) in [6.07, 6.45) is 6.94. The first-order chi connectivity index (χ1) is 12.7. The molecule has 0 fully saturated rings. The summed E-state index contributed by atoms with van der Waals surface area (Å²) >= 11 is 0. The van der Waals surface area contributed by atoms with Crippen LogP contribution in [0.1, 0.15) is 17.8 Å². The van der Waals surface area contributed by atoms with Crippen LogP contribution in [0.5, 0.6) is 0 Å². The van der Waals surface area contributed by atoms with Crippen molar-refractivity contribution in [3.8, 4) is 0 Å². The van der Waals surface area contributed by atoms with Crippen molar-refractivity contribution in [2.45, 2.75) is 19.8 Å². The average Bonchev–Trinajstić information content (AvgIpc) is 3.10. The van der Waals surface area contributed by atoms with Gasteiger partial charge in [0.05, 0.1) is 11.2 Å². The molecule has 0 unspecified atom stereocenters. The van der Waals surface area contributed by atoms with E-state index in [-0.39, 0.29) is 0 Å².